The first-order chi connectivity index (χ1) is 10.1. The van der Waals surface area contributed by atoms with E-state index in [1.165, 1.54) is 5.56 Å². The minimum absolute atomic E-state index is 0.170. The molecule has 1 fully saturated rings. The molecule has 1 aliphatic rings. The maximum Gasteiger partial charge on any atom is 0.126 e. The van der Waals surface area contributed by atoms with Crippen molar-refractivity contribution >= 4 is 21.8 Å². The Bertz CT molecular complexity index is 650. The molecule has 1 heterocycles. The van der Waals surface area contributed by atoms with Crippen molar-refractivity contribution in [1.82, 2.24) is 4.72 Å². The minimum atomic E-state index is -1.21. The van der Waals surface area contributed by atoms with Crippen LogP contribution in [0.1, 0.15) is 26.3 Å². The zero-order valence-corrected chi connectivity index (χ0v) is 13.9. The number of benzene rings is 2. The fourth-order valence-corrected chi connectivity index (χ4v) is 3.57. The van der Waals surface area contributed by atoms with E-state index in [0.29, 0.717) is 13.2 Å². The van der Waals surface area contributed by atoms with Gasteiger partial charge in [-0.1, -0.05) is 44.2 Å². The molecule has 0 aromatic heterocycles. The largest absolute Gasteiger partial charge is 0.377 e. The first-order valence-electron chi connectivity index (χ1n) is 7.35. The van der Waals surface area contributed by atoms with Gasteiger partial charge in [-0.2, -0.15) is 0 Å². The van der Waals surface area contributed by atoms with Crippen molar-refractivity contribution in [2.45, 2.75) is 38.1 Å². The van der Waals surface area contributed by atoms with Crippen LogP contribution in [0.5, 0.6) is 0 Å². The van der Waals surface area contributed by atoms with E-state index in [4.69, 9.17) is 4.74 Å². The second kappa shape index (κ2) is 6.69. The summed E-state index contributed by atoms with van der Waals surface area (Å²) in [5.41, 5.74) is 1.03. The van der Waals surface area contributed by atoms with Crippen molar-refractivity contribution < 1.29 is 8.95 Å². The standard InChI is InChI=1S/C15H17NO2S.C2H6/c1-11-7-8-14(13-6-4-3-5-12(11)13)19(17)16-15(2)9-18-10-15;1-2/h3-8,16H,9-10H2,1-2H3;1-2H3. The van der Waals surface area contributed by atoms with Crippen LogP contribution < -0.4 is 4.72 Å². The molecule has 0 bridgehead atoms. The summed E-state index contributed by atoms with van der Waals surface area (Å²) in [5, 5.41) is 2.21. The molecule has 0 saturated carbocycles. The van der Waals surface area contributed by atoms with Crippen LogP contribution in [0.4, 0.5) is 0 Å². The second-order valence-electron chi connectivity index (χ2n) is 5.35. The fourth-order valence-electron chi connectivity index (χ4n) is 2.33. The SMILES string of the molecule is CC.Cc1ccc(S(=O)NC2(C)COC2)c2ccccc12. The normalized spacial score (nSPS) is 17.5. The van der Waals surface area contributed by atoms with Gasteiger partial charge in [0.1, 0.15) is 11.0 Å². The molecule has 1 saturated heterocycles. The van der Waals surface area contributed by atoms with E-state index in [-0.39, 0.29) is 5.54 Å². The topological polar surface area (TPSA) is 38.3 Å². The van der Waals surface area contributed by atoms with E-state index in [1.807, 2.05) is 51.1 Å². The molecular weight excluding hydrogens is 282 g/mol. The lowest BCUT2D eigenvalue weighted by Gasteiger charge is -2.38. The van der Waals surface area contributed by atoms with Gasteiger partial charge in [0.25, 0.3) is 0 Å². The lowest BCUT2D eigenvalue weighted by Crippen LogP contribution is -2.58. The van der Waals surface area contributed by atoms with Gasteiger partial charge in [0.15, 0.2) is 0 Å². The van der Waals surface area contributed by atoms with Gasteiger partial charge in [-0.05, 0) is 36.2 Å². The van der Waals surface area contributed by atoms with E-state index < -0.39 is 11.0 Å². The van der Waals surface area contributed by atoms with Crippen molar-refractivity contribution in [3.63, 3.8) is 0 Å². The van der Waals surface area contributed by atoms with Gasteiger partial charge in [-0.3, -0.25) is 0 Å². The molecule has 1 atom stereocenters. The number of fused-ring (bicyclic) bond motifs is 1. The number of aryl methyl sites for hydroxylation is 1. The zero-order valence-electron chi connectivity index (χ0n) is 13.1. The Morgan fingerprint density at radius 3 is 2.29 bits per heavy atom. The Morgan fingerprint density at radius 1 is 1.10 bits per heavy atom. The van der Waals surface area contributed by atoms with Crippen LogP contribution in [-0.2, 0) is 15.7 Å². The number of ether oxygens (including phenoxy) is 1. The van der Waals surface area contributed by atoms with E-state index in [1.54, 1.807) is 0 Å². The number of hydrogen-bond acceptors (Lipinski definition) is 2. The third-order valence-corrected chi connectivity index (χ3v) is 4.92. The third kappa shape index (κ3) is 3.34. The van der Waals surface area contributed by atoms with E-state index in [9.17, 15) is 4.21 Å². The number of nitrogens with one attached hydrogen (secondary N) is 1. The summed E-state index contributed by atoms with van der Waals surface area (Å²) in [7, 11) is -1.21. The Hall–Kier alpha value is -1.23. The quantitative estimate of drug-likeness (QED) is 0.941. The highest BCUT2D eigenvalue weighted by Gasteiger charge is 2.35. The Labute approximate surface area is 129 Å². The fraction of sp³-hybridized carbons (Fsp3) is 0.412. The molecule has 0 amide bonds. The van der Waals surface area contributed by atoms with Crippen LogP contribution in [0.15, 0.2) is 41.3 Å². The molecule has 21 heavy (non-hydrogen) atoms. The van der Waals surface area contributed by atoms with Crippen molar-refractivity contribution in [2.24, 2.45) is 0 Å². The van der Waals surface area contributed by atoms with Crippen LogP contribution in [-0.4, -0.2) is 23.0 Å². The molecule has 2 aromatic rings. The molecule has 2 aromatic carbocycles. The molecule has 0 radical (unpaired) electrons. The summed E-state index contributed by atoms with van der Waals surface area (Å²) in [5.74, 6) is 0. The maximum atomic E-state index is 12.5. The van der Waals surface area contributed by atoms with Gasteiger partial charge < -0.3 is 4.74 Å². The van der Waals surface area contributed by atoms with Gasteiger partial charge in [-0.25, -0.2) is 8.93 Å². The molecule has 3 nitrogen and oxygen atoms in total. The summed E-state index contributed by atoms with van der Waals surface area (Å²) in [4.78, 5) is 0.842. The van der Waals surface area contributed by atoms with Gasteiger partial charge in [0, 0.05) is 0 Å². The highest BCUT2D eigenvalue weighted by atomic mass is 32.2. The van der Waals surface area contributed by atoms with Gasteiger partial charge >= 0.3 is 0 Å². The molecule has 1 N–H and O–H groups in total. The van der Waals surface area contributed by atoms with Crippen molar-refractivity contribution in [3.05, 3.63) is 42.0 Å². The Morgan fingerprint density at radius 2 is 1.71 bits per heavy atom. The van der Waals surface area contributed by atoms with Crippen LogP contribution in [0.3, 0.4) is 0 Å². The molecule has 0 aliphatic carbocycles. The summed E-state index contributed by atoms with van der Waals surface area (Å²) >= 11 is 0. The van der Waals surface area contributed by atoms with Crippen LogP contribution in [0, 0.1) is 6.92 Å². The van der Waals surface area contributed by atoms with Gasteiger partial charge in [0.2, 0.25) is 0 Å². The summed E-state index contributed by atoms with van der Waals surface area (Å²) in [6.45, 7) is 9.33. The predicted octanol–water partition coefficient (Wildman–Crippen LogP) is 3.58. The second-order valence-corrected chi connectivity index (χ2v) is 6.53. The Balaban J connectivity index is 0.000000774. The zero-order chi connectivity index (χ0) is 15.5. The van der Waals surface area contributed by atoms with Gasteiger partial charge in [-0.15, -0.1) is 0 Å². The minimum Gasteiger partial charge on any atom is -0.377 e. The predicted molar refractivity (Wildman–Crippen MR) is 88.8 cm³/mol. The smallest absolute Gasteiger partial charge is 0.126 e. The lowest BCUT2D eigenvalue weighted by molar-refractivity contribution is -0.0516. The van der Waals surface area contributed by atoms with E-state index >= 15 is 0 Å². The first-order valence-corrected chi connectivity index (χ1v) is 8.50. The van der Waals surface area contributed by atoms with Crippen molar-refractivity contribution in [2.75, 3.05) is 13.2 Å². The number of rotatable bonds is 3. The summed E-state index contributed by atoms with van der Waals surface area (Å²) < 4.78 is 20.9. The van der Waals surface area contributed by atoms with Crippen molar-refractivity contribution in [1.29, 1.82) is 0 Å². The molecule has 0 spiro atoms. The lowest BCUT2D eigenvalue weighted by atomic mass is 10.0. The van der Waals surface area contributed by atoms with Gasteiger partial charge in [0.05, 0.1) is 23.6 Å². The highest BCUT2D eigenvalue weighted by molar-refractivity contribution is 7.83. The molecular formula is C17H23NO2S. The molecule has 1 aliphatic heterocycles. The van der Waals surface area contributed by atoms with Crippen LogP contribution in [0.25, 0.3) is 10.8 Å². The Kier molecular flexibility index (Phi) is 5.14. The molecule has 1 unspecified atom stereocenters. The maximum absolute atomic E-state index is 12.5. The molecule has 114 valence electrons. The third-order valence-electron chi connectivity index (χ3n) is 3.48. The van der Waals surface area contributed by atoms with E-state index in [2.05, 4.69) is 17.7 Å². The van der Waals surface area contributed by atoms with Crippen LogP contribution >= 0.6 is 0 Å². The van der Waals surface area contributed by atoms with Crippen molar-refractivity contribution in [3.8, 4) is 0 Å². The van der Waals surface area contributed by atoms with Crippen LogP contribution in [0.2, 0.25) is 0 Å². The monoisotopic (exact) mass is 305 g/mol. The summed E-state index contributed by atoms with van der Waals surface area (Å²) in [6.07, 6.45) is 0. The number of hydrogen-bond donors (Lipinski definition) is 1. The van der Waals surface area contributed by atoms with E-state index in [0.717, 1.165) is 15.7 Å². The highest BCUT2D eigenvalue weighted by Crippen LogP contribution is 2.26. The molecule has 4 heteroatoms. The first kappa shape index (κ1) is 16.1. The summed E-state index contributed by atoms with van der Waals surface area (Å²) in [6, 6.07) is 12.1. The average molecular weight is 305 g/mol. The average Bonchev–Trinajstić information content (AvgIpc) is 2.48. The molecule has 3 rings (SSSR count).